The molecule has 0 N–H and O–H groups in total. The van der Waals surface area contributed by atoms with Crippen LogP contribution in [0.2, 0.25) is 0 Å². The van der Waals surface area contributed by atoms with Crippen LogP contribution in [0.25, 0.3) is 0 Å². The van der Waals surface area contributed by atoms with Crippen LogP contribution in [0, 0.1) is 5.92 Å². The van der Waals surface area contributed by atoms with Crippen LogP contribution in [-0.2, 0) is 24.1 Å². The second kappa shape index (κ2) is 6.66. The lowest BCUT2D eigenvalue weighted by Crippen LogP contribution is -2.35. The van der Waals surface area contributed by atoms with Crippen LogP contribution in [0.15, 0.2) is 6.07 Å². The number of hydrogen-bond donors (Lipinski definition) is 0. The van der Waals surface area contributed by atoms with Crippen LogP contribution >= 0.6 is 0 Å². The minimum Gasteiger partial charge on any atom is -0.493 e. The summed E-state index contributed by atoms with van der Waals surface area (Å²) in [5, 5.41) is 0. The lowest BCUT2D eigenvalue weighted by atomic mass is 9.88. The Morgan fingerprint density at radius 1 is 1.17 bits per heavy atom. The average Bonchev–Trinajstić information content (AvgIpc) is 3.27. The molecule has 2 heterocycles. The number of fused-ring (bicyclic) bond motifs is 2. The van der Waals surface area contributed by atoms with Crippen molar-refractivity contribution >= 4 is 5.91 Å². The largest absolute Gasteiger partial charge is 0.493 e. The third-order valence-electron chi connectivity index (χ3n) is 5.79. The van der Waals surface area contributed by atoms with Gasteiger partial charge in [0.15, 0.2) is 0 Å². The molecule has 24 heavy (non-hydrogen) atoms. The number of ether oxygens (including phenoxy) is 2. The molecule has 0 bridgehead atoms. The van der Waals surface area contributed by atoms with Gasteiger partial charge >= 0.3 is 0 Å². The standard InChI is InChI=1S/C20H27NO3/c1-21(20(22)14-5-3-2-4-6-14)10-7-17-16-9-12-23-18(16)13-15-8-11-24-19(15)17/h13-14H,2-12H2,1H3. The van der Waals surface area contributed by atoms with Gasteiger partial charge < -0.3 is 14.4 Å². The van der Waals surface area contributed by atoms with Gasteiger partial charge in [0, 0.05) is 49.0 Å². The average molecular weight is 329 g/mol. The summed E-state index contributed by atoms with van der Waals surface area (Å²) in [6.45, 7) is 2.30. The van der Waals surface area contributed by atoms with Gasteiger partial charge in [-0.25, -0.2) is 0 Å². The molecule has 2 aliphatic heterocycles. The van der Waals surface area contributed by atoms with Gasteiger partial charge in [0.05, 0.1) is 13.2 Å². The molecular weight excluding hydrogens is 302 g/mol. The van der Waals surface area contributed by atoms with Gasteiger partial charge in [-0.1, -0.05) is 19.3 Å². The molecule has 1 aliphatic carbocycles. The molecule has 0 aromatic heterocycles. The fourth-order valence-corrected chi connectivity index (χ4v) is 4.40. The molecule has 4 rings (SSSR count). The molecule has 1 aromatic rings. The Bertz CT molecular complexity index is 602. The first-order valence-corrected chi connectivity index (χ1v) is 9.42. The van der Waals surface area contributed by atoms with Gasteiger partial charge in [0.25, 0.3) is 0 Å². The summed E-state index contributed by atoms with van der Waals surface area (Å²) in [5.41, 5.74) is 3.85. The highest BCUT2D eigenvalue weighted by atomic mass is 16.5. The van der Waals surface area contributed by atoms with Crippen molar-refractivity contribution in [3.8, 4) is 11.5 Å². The van der Waals surface area contributed by atoms with Crippen LogP contribution in [0.5, 0.6) is 11.5 Å². The molecule has 4 nitrogen and oxygen atoms in total. The minimum atomic E-state index is 0.246. The number of amides is 1. The number of benzene rings is 1. The zero-order chi connectivity index (χ0) is 16.5. The van der Waals surface area contributed by atoms with E-state index >= 15 is 0 Å². The molecule has 0 saturated heterocycles. The first-order valence-electron chi connectivity index (χ1n) is 9.42. The van der Waals surface area contributed by atoms with Crippen molar-refractivity contribution in [2.75, 3.05) is 26.8 Å². The summed E-state index contributed by atoms with van der Waals surface area (Å²) in [7, 11) is 1.96. The van der Waals surface area contributed by atoms with Crippen molar-refractivity contribution < 1.29 is 14.3 Å². The smallest absolute Gasteiger partial charge is 0.225 e. The van der Waals surface area contributed by atoms with Crippen molar-refractivity contribution in [1.82, 2.24) is 4.90 Å². The molecular formula is C20H27NO3. The SMILES string of the molecule is CN(CCc1c2c(cc3c1OCC3)OCC2)C(=O)C1CCCCC1. The van der Waals surface area contributed by atoms with Crippen molar-refractivity contribution in [2.45, 2.75) is 51.4 Å². The maximum absolute atomic E-state index is 12.7. The summed E-state index contributed by atoms with van der Waals surface area (Å²) < 4.78 is 11.7. The molecule has 3 aliphatic rings. The third kappa shape index (κ3) is 2.87. The quantitative estimate of drug-likeness (QED) is 0.852. The monoisotopic (exact) mass is 329 g/mol. The Morgan fingerprint density at radius 3 is 2.79 bits per heavy atom. The van der Waals surface area contributed by atoms with Crippen molar-refractivity contribution in [3.05, 3.63) is 22.8 Å². The number of hydrogen-bond acceptors (Lipinski definition) is 3. The number of rotatable bonds is 4. The summed E-state index contributed by atoms with van der Waals surface area (Å²) in [6.07, 6.45) is 8.62. The van der Waals surface area contributed by atoms with Gasteiger partial charge in [0.1, 0.15) is 11.5 Å². The second-order valence-electron chi connectivity index (χ2n) is 7.36. The number of carbonyl (C=O) groups excluding carboxylic acids is 1. The highest BCUT2D eigenvalue weighted by molar-refractivity contribution is 5.78. The molecule has 0 radical (unpaired) electrons. The van der Waals surface area contributed by atoms with Crippen LogP contribution in [0.4, 0.5) is 0 Å². The van der Waals surface area contributed by atoms with E-state index in [0.29, 0.717) is 5.91 Å². The minimum absolute atomic E-state index is 0.246. The Morgan fingerprint density at radius 2 is 1.96 bits per heavy atom. The molecule has 0 unspecified atom stereocenters. The van der Waals surface area contributed by atoms with Gasteiger partial charge in [0.2, 0.25) is 5.91 Å². The van der Waals surface area contributed by atoms with E-state index in [9.17, 15) is 4.79 Å². The number of likely N-dealkylation sites (N-methyl/N-ethyl adjacent to an activating group) is 1. The number of nitrogens with zero attached hydrogens (tertiary/aromatic N) is 1. The van der Waals surface area contributed by atoms with Crippen LogP contribution in [0.1, 0.15) is 48.8 Å². The van der Waals surface area contributed by atoms with Gasteiger partial charge in [-0.05, 0) is 25.3 Å². The molecule has 0 spiro atoms. The first-order chi connectivity index (χ1) is 11.7. The molecule has 1 aromatic carbocycles. The van der Waals surface area contributed by atoms with E-state index in [0.717, 1.165) is 63.4 Å². The maximum atomic E-state index is 12.7. The van der Waals surface area contributed by atoms with Gasteiger partial charge in [-0.15, -0.1) is 0 Å². The summed E-state index contributed by atoms with van der Waals surface area (Å²) in [4.78, 5) is 14.6. The Kier molecular flexibility index (Phi) is 4.38. The van der Waals surface area contributed by atoms with E-state index in [1.807, 2.05) is 11.9 Å². The molecule has 1 saturated carbocycles. The Labute approximate surface area is 144 Å². The van der Waals surface area contributed by atoms with E-state index in [4.69, 9.17) is 9.47 Å². The predicted octanol–water partition coefficient (Wildman–Crippen LogP) is 3.14. The van der Waals surface area contributed by atoms with E-state index in [1.165, 1.54) is 36.0 Å². The first kappa shape index (κ1) is 15.8. The third-order valence-corrected chi connectivity index (χ3v) is 5.79. The zero-order valence-corrected chi connectivity index (χ0v) is 14.6. The Balaban J connectivity index is 1.47. The molecule has 130 valence electrons. The predicted molar refractivity (Wildman–Crippen MR) is 92.8 cm³/mol. The highest BCUT2D eigenvalue weighted by Crippen LogP contribution is 2.40. The highest BCUT2D eigenvalue weighted by Gasteiger charge is 2.28. The van der Waals surface area contributed by atoms with Crippen LogP contribution in [0.3, 0.4) is 0 Å². The van der Waals surface area contributed by atoms with Crippen molar-refractivity contribution in [3.63, 3.8) is 0 Å². The van der Waals surface area contributed by atoms with Crippen molar-refractivity contribution in [2.24, 2.45) is 5.92 Å². The lowest BCUT2D eigenvalue weighted by Gasteiger charge is -2.26. The van der Waals surface area contributed by atoms with E-state index in [1.54, 1.807) is 0 Å². The summed E-state index contributed by atoms with van der Waals surface area (Å²) >= 11 is 0. The van der Waals surface area contributed by atoms with E-state index in [-0.39, 0.29) is 5.92 Å². The van der Waals surface area contributed by atoms with Crippen LogP contribution in [-0.4, -0.2) is 37.6 Å². The lowest BCUT2D eigenvalue weighted by molar-refractivity contribution is -0.135. The zero-order valence-electron chi connectivity index (χ0n) is 14.6. The number of carbonyl (C=O) groups is 1. The molecule has 1 amide bonds. The molecule has 4 heteroatoms. The Hall–Kier alpha value is -1.71. The van der Waals surface area contributed by atoms with Gasteiger partial charge in [-0.2, -0.15) is 0 Å². The molecule has 0 atom stereocenters. The summed E-state index contributed by atoms with van der Waals surface area (Å²) in [6, 6.07) is 2.16. The topological polar surface area (TPSA) is 38.8 Å². The molecule has 1 fully saturated rings. The van der Waals surface area contributed by atoms with Crippen molar-refractivity contribution in [1.29, 1.82) is 0 Å². The van der Waals surface area contributed by atoms with E-state index in [2.05, 4.69) is 6.07 Å². The summed E-state index contributed by atoms with van der Waals surface area (Å²) in [5.74, 6) is 2.68. The second-order valence-corrected chi connectivity index (χ2v) is 7.36. The fourth-order valence-electron chi connectivity index (χ4n) is 4.40. The fraction of sp³-hybridized carbons (Fsp3) is 0.650. The van der Waals surface area contributed by atoms with Crippen LogP contribution < -0.4 is 9.47 Å². The van der Waals surface area contributed by atoms with E-state index < -0.39 is 0 Å². The normalized spacial score (nSPS) is 19.4. The van der Waals surface area contributed by atoms with Gasteiger partial charge in [-0.3, -0.25) is 4.79 Å². The maximum Gasteiger partial charge on any atom is 0.225 e.